The van der Waals surface area contributed by atoms with Crippen LogP contribution in [0, 0.1) is 0 Å². The molecule has 0 aromatic heterocycles. The van der Waals surface area contributed by atoms with E-state index >= 15 is 0 Å². The lowest BCUT2D eigenvalue weighted by atomic mass is 9.91. The van der Waals surface area contributed by atoms with E-state index in [-0.39, 0.29) is 6.10 Å². The maximum atomic E-state index is 13.5. The summed E-state index contributed by atoms with van der Waals surface area (Å²) in [6.45, 7) is 15.4. The first-order chi connectivity index (χ1) is 33.5. The van der Waals surface area contributed by atoms with Crippen LogP contribution in [0.4, 0.5) is 0 Å². The van der Waals surface area contributed by atoms with Gasteiger partial charge in [-0.05, 0) is 90.1 Å². The molecule has 1 aliphatic rings. The minimum atomic E-state index is -0.0979. The Labute approximate surface area is 426 Å². The summed E-state index contributed by atoms with van der Waals surface area (Å²) >= 11 is 0. The Morgan fingerprint density at radius 3 is 0.794 bits per heavy atom. The van der Waals surface area contributed by atoms with E-state index in [1.54, 1.807) is 0 Å². The van der Waals surface area contributed by atoms with Crippen LogP contribution in [-0.2, 0) is 9.59 Å². The number of aliphatic hydroxyl groups excluding tert-OH is 1. The van der Waals surface area contributed by atoms with Crippen LogP contribution < -0.4 is 0 Å². The molecule has 0 spiro atoms. The van der Waals surface area contributed by atoms with Crippen LogP contribution in [0.3, 0.4) is 0 Å². The van der Waals surface area contributed by atoms with Gasteiger partial charge in [0.2, 0.25) is 11.8 Å². The number of carbonyl (C=O) groups is 2. The zero-order valence-electron chi connectivity index (χ0n) is 46.9. The van der Waals surface area contributed by atoms with Crippen molar-refractivity contribution < 1.29 is 14.7 Å². The molecule has 0 aromatic carbocycles. The highest BCUT2D eigenvalue weighted by molar-refractivity contribution is 5.76. The number of rotatable bonds is 53. The lowest BCUT2D eigenvalue weighted by Crippen LogP contribution is -2.40. The van der Waals surface area contributed by atoms with Crippen LogP contribution in [0.2, 0.25) is 0 Å². The summed E-state index contributed by atoms with van der Waals surface area (Å²) in [6, 6.07) is 0.634. The van der Waals surface area contributed by atoms with Gasteiger partial charge >= 0.3 is 0 Å². The predicted octanol–water partition coefficient (Wildman–Crippen LogP) is 18.5. The number of hydrogen-bond acceptors (Lipinski definition) is 4. The van der Waals surface area contributed by atoms with Crippen molar-refractivity contribution in [3.63, 3.8) is 0 Å². The molecule has 0 heterocycles. The molecule has 6 heteroatoms. The van der Waals surface area contributed by atoms with Crippen molar-refractivity contribution >= 4 is 11.8 Å². The van der Waals surface area contributed by atoms with E-state index in [0.29, 0.717) is 17.9 Å². The van der Waals surface area contributed by atoms with Crippen molar-refractivity contribution in [1.82, 2.24) is 14.7 Å². The highest BCUT2D eigenvalue weighted by Gasteiger charge is 2.24. The first-order valence-electron chi connectivity index (χ1n) is 31.4. The minimum Gasteiger partial charge on any atom is -0.393 e. The lowest BCUT2D eigenvalue weighted by molar-refractivity contribution is -0.132. The maximum Gasteiger partial charge on any atom is 0.222 e. The zero-order chi connectivity index (χ0) is 49.2. The quantitative estimate of drug-likeness (QED) is 0.0617. The van der Waals surface area contributed by atoms with Gasteiger partial charge in [0.1, 0.15) is 0 Å². The second-order valence-corrected chi connectivity index (χ2v) is 22.2. The van der Waals surface area contributed by atoms with Gasteiger partial charge in [0.15, 0.2) is 0 Å². The number of unbranched alkanes of at least 4 members (excludes halogenated alkanes) is 36. The van der Waals surface area contributed by atoms with Crippen LogP contribution in [0.25, 0.3) is 0 Å². The molecule has 0 radical (unpaired) electrons. The van der Waals surface area contributed by atoms with Crippen molar-refractivity contribution in [2.24, 2.45) is 0 Å². The molecule has 0 aliphatic heterocycles. The average Bonchev–Trinajstić information content (AvgIpc) is 3.34. The summed E-state index contributed by atoms with van der Waals surface area (Å²) in [5.41, 5.74) is 0. The molecule has 0 bridgehead atoms. The Balaban J connectivity index is 2.44. The minimum absolute atomic E-state index is 0.0979. The van der Waals surface area contributed by atoms with Crippen LogP contribution >= 0.6 is 0 Å². The fourth-order valence-electron chi connectivity index (χ4n) is 10.9. The molecule has 1 N–H and O–H groups in total. The molecule has 1 saturated carbocycles. The third kappa shape index (κ3) is 40.5. The second-order valence-electron chi connectivity index (χ2n) is 22.2. The van der Waals surface area contributed by atoms with E-state index in [4.69, 9.17) is 0 Å². The zero-order valence-corrected chi connectivity index (χ0v) is 46.9. The number of aliphatic hydroxyl groups is 1. The molecule has 6 nitrogen and oxygen atoms in total. The largest absolute Gasteiger partial charge is 0.393 e. The summed E-state index contributed by atoms with van der Waals surface area (Å²) in [7, 11) is 0. The summed E-state index contributed by atoms with van der Waals surface area (Å²) in [4.78, 5) is 34.1. The maximum absolute atomic E-state index is 13.5. The normalized spacial score (nSPS) is 15.1. The predicted molar refractivity (Wildman–Crippen MR) is 299 cm³/mol. The summed E-state index contributed by atoms with van der Waals surface area (Å²) < 4.78 is 0. The van der Waals surface area contributed by atoms with E-state index in [0.717, 1.165) is 84.0 Å². The average molecular weight is 959 g/mol. The number of hydrogen-bond donors (Lipinski definition) is 1. The van der Waals surface area contributed by atoms with Gasteiger partial charge in [-0.15, -0.1) is 0 Å². The molecule has 0 aromatic rings. The van der Waals surface area contributed by atoms with Gasteiger partial charge in [-0.3, -0.25) is 9.59 Å². The SMILES string of the molecule is CCCCCCCCCCN(CCCCCCCCN(CCCCCCCC(=O)N(CCCCCCCCCC)CCCCCCCCCC)C1CCC(O)CC1)C(=O)CCCCCCCCC. The lowest BCUT2D eigenvalue weighted by Gasteiger charge is -2.36. The van der Waals surface area contributed by atoms with Gasteiger partial charge < -0.3 is 19.8 Å². The van der Waals surface area contributed by atoms with Gasteiger partial charge in [0, 0.05) is 45.1 Å². The molecule has 404 valence electrons. The topological polar surface area (TPSA) is 64.1 Å². The molecule has 0 saturated heterocycles. The molecule has 0 atom stereocenters. The van der Waals surface area contributed by atoms with Crippen LogP contribution in [0.15, 0.2) is 0 Å². The Morgan fingerprint density at radius 1 is 0.309 bits per heavy atom. The number of amides is 2. The van der Waals surface area contributed by atoms with Crippen molar-refractivity contribution in [2.45, 2.75) is 348 Å². The highest BCUT2D eigenvalue weighted by Crippen LogP contribution is 2.25. The smallest absolute Gasteiger partial charge is 0.222 e. The van der Waals surface area contributed by atoms with Crippen LogP contribution in [0.5, 0.6) is 0 Å². The molecule has 1 rings (SSSR count). The van der Waals surface area contributed by atoms with Crippen molar-refractivity contribution in [3.8, 4) is 0 Å². The van der Waals surface area contributed by atoms with Crippen LogP contribution in [0.1, 0.15) is 336 Å². The molecular formula is C62H123N3O3. The summed E-state index contributed by atoms with van der Waals surface area (Å²) in [6.07, 6.45) is 59.7. The van der Waals surface area contributed by atoms with E-state index in [1.165, 1.54) is 264 Å². The molecule has 2 amide bonds. The Kier molecular flexibility index (Phi) is 48.5. The van der Waals surface area contributed by atoms with E-state index in [1.807, 2.05) is 0 Å². The Bertz CT molecular complexity index is 1030. The monoisotopic (exact) mass is 958 g/mol. The van der Waals surface area contributed by atoms with E-state index < -0.39 is 0 Å². The first kappa shape index (κ1) is 64.9. The Hall–Kier alpha value is -1.14. The number of nitrogens with zero attached hydrogens (tertiary/aromatic N) is 3. The van der Waals surface area contributed by atoms with Gasteiger partial charge in [0.05, 0.1) is 6.10 Å². The summed E-state index contributed by atoms with van der Waals surface area (Å²) in [5, 5.41) is 10.3. The van der Waals surface area contributed by atoms with E-state index in [9.17, 15) is 14.7 Å². The van der Waals surface area contributed by atoms with E-state index in [2.05, 4.69) is 42.4 Å². The number of carbonyl (C=O) groups excluding carboxylic acids is 2. The molecule has 68 heavy (non-hydrogen) atoms. The van der Waals surface area contributed by atoms with Gasteiger partial charge in [-0.25, -0.2) is 0 Å². The Morgan fingerprint density at radius 2 is 0.529 bits per heavy atom. The fraction of sp³-hybridized carbons (Fsp3) is 0.968. The van der Waals surface area contributed by atoms with Crippen molar-refractivity contribution in [3.05, 3.63) is 0 Å². The van der Waals surface area contributed by atoms with Crippen molar-refractivity contribution in [1.29, 1.82) is 0 Å². The third-order valence-corrected chi connectivity index (χ3v) is 15.7. The molecule has 1 aliphatic carbocycles. The molecule has 0 unspecified atom stereocenters. The summed E-state index contributed by atoms with van der Waals surface area (Å²) in [5.74, 6) is 0.837. The highest BCUT2D eigenvalue weighted by atomic mass is 16.3. The molecule has 1 fully saturated rings. The van der Waals surface area contributed by atoms with Gasteiger partial charge in [-0.2, -0.15) is 0 Å². The third-order valence-electron chi connectivity index (χ3n) is 15.7. The van der Waals surface area contributed by atoms with Crippen LogP contribution in [-0.4, -0.2) is 83.0 Å². The van der Waals surface area contributed by atoms with Gasteiger partial charge in [0.25, 0.3) is 0 Å². The fourth-order valence-corrected chi connectivity index (χ4v) is 10.9. The first-order valence-corrected chi connectivity index (χ1v) is 31.4. The molecular weight excluding hydrogens is 835 g/mol. The standard InChI is InChI=1S/C62H123N3O3/c1-5-9-13-17-21-25-34-43-55-64(56-44-35-26-22-18-14-10-6-2)62(68)48-40-32-30-38-42-54-63(59-49-51-60(66)52-50-59)53-41-33-28-29-37-46-58-65(57-45-36-27-23-19-15-11-7-3)61(67)47-39-31-24-20-16-12-8-4/h59-60,66H,5-58H2,1-4H3. The second kappa shape index (κ2) is 50.8. The van der Waals surface area contributed by atoms with Crippen molar-refractivity contribution in [2.75, 3.05) is 39.3 Å². The van der Waals surface area contributed by atoms with Gasteiger partial charge in [-0.1, -0.05) is 246 Å².